The highest BCUT2D eigenvalue weighted by Gasteiger charge is 2.27. The molecule has 0 amide bonds. The van der Waals surface area contributed by atoms with Crippen LogP contribution in [0.1, 0.15) is 33.4 Å². The molecule has 0 saturated carbocycles. The number of morpholine rings is 5. The van der Waals surface area contributed by atoms with Gasteiger partial charge in [0, 0.05) is 138 Å². The lowest BCUT2D eigenvalue weighted by Crippen LogP contribution is -2.37. The Morgan fingerprint density at radius 3 is 0.886 bits per heavy atom. The lowest BCUT2D eigenvalue weighted by Gasteiger charge is -2.28. The molecule has 0 bridgehead atoms. The zero-order valence-corrected chi connectivity index (χ0v) is 73.5. The van der Waals surface area contributed by atoms with Gasteiger partial charge in [0.15, 0.2) is 71.8 Å². The van der Waals surface area contributed by atoms with Crippen molar-refractivity contribution in [1.29, 1.82) is 0 Å². The maximum absolute atomic E-state index is 9.78. The van der Waals surface area contributed by atoms with Crippen LogP contribution in [0.25, 0.3) is 142 Å². The number of benzene rings is 5. The van der Waals surface area contributed by atoms with Gasteiger partial charge < -0.3 is 82.5 Å². The van der Waals surface area contributed by atoms with Gasteiger partial charge in [-0.25, -0.2) is 49.8 Å². The summed E-state index contributed by atoms with van der Waals surface area (Å²) < 4.78 is 48.3. The summed E-state index contributed by atoms with van der Waals surface area (Å²) in [5.41, 5.74) is 17.4. The van der Waals surface area contributed by atoms with Gasteiger partial charge >= 0.3 is 0 Å². The quantitative estimate of drug-likeness (QED) is 0.0531. The summed E-state index contributed by atoms with van der Waals surface area (Å²) >= 11 is 0. The van der Waals surface area contributed by atoms with Crippen LogP contribution in [0, 0.1) is 0 Å². The number of fused-ring (bicyclic) bond motifs is 5. The number of nitrogens with zero attached hydrogens (tertiary/aromatic N) is 20. The predicted molar refractivity (Wildman–Crippen MR) is 514 cm³/mol. The van der Waals surface area contributed by atoms with Crippen molar-refractivity contribution in [3.05, 3.63) is 249 Å². The van der Waals surface area contributed by atoms with Crippen molar-refractivity contribution in [1.82, 2.24) is 74.8 Å². The molecular formula is C100H100N20O12. The first-order chi connectivity index (χ1) is 64.8. The lowest BCUT2D eigenvalue weighted by molar-refractivity contribution is 0.0510. The summed E-state index contributed by atoms with van der Waals surface area (Å²) in [6.45, 7) is 33.9. The minimum Gasteiger partial charge on any atom is -0.508 e. The predicted octanol–water partition coefficient (Wildman–Crippen LogP) is 14.7. The van der Waals surface area contributed by atoms with Gasteiger partial charge in [-0.05, 0) is 143 Å². The maximum atomic E-state index is 9.78. The molecule has 132 heavy (non-hydrogen) atoms. The van der Waals surface area contributed by atoms with Crippen molar-refractivity contribution in [2.24, 2.45) is 0 Å². The summed E-state index contributed by atoms with van der Waals surface area (Å²) in [6, 6.07) is 46.7. The van der Waals surface area contributed by atoms with Crippen LogP contribution in [0.2, 0.25) is 0 Å². The Morgan fingerprint density at radius 2 is 0.583 bits per heavy atom. The number of hydrogen-bond donors (Lipinski definition) is 3. The Kier molecular flexibility index (Phi) is 30.1. The minimum atomic E-state index is -0.0140. The van der Waals surface area contributed by atoms with Gasteiger partial charge in [-0.15, -0.1) is 0 Å². The van der Waals surface area contributed by atoms with E-state index in [0.29, 0.717) is 101 Å². The van der Waals surface area contributed by atoms with E-state index in [-0.39, 0.29) is 31.7 Å². The summed E-state index contributed by atoms with van der Waals surface area (Å²) in [5.74, 6) is 8.98. The first kappa shape index (κ1) is 90.5. The Morgan fingerprint density at radius 1 is 0.303 bits per heavy atom. The number of aliphatic hydroxyl groups is 1. The number of hydrogen-bond acceptors (Lipinski definition) is 32. The van der Waals surface area contributed by atoms with Crippen molar-refractivity contribution in [3.63, 3.8) is 0 Å². The molecule has 0 spiro atoms. The van der Waals surface area contributed by atoms with Crippen LogP contribution in [0.4, 0.5) is 29.1 Å². The van der Waals surface area contributed by atoms with Crippen LogP contribution in [-0.4, -0.2) is 249 Å². The SMILES string of the molecule is C=Cc1cnc2c(N3CCOCC3)nc(-c3ccc(O)cc3)nc2c1.C=Cc1cnc2c(N3CCOCC3)nc(-c3ccc(OCOC)cc3)nc2c1.C=Cc1cnc2c(N3CCOCC3)nc(-c3cccc(CO)c3)nc2c1.C=Cc1cnc2c(N3CCOCC3)nc(-c3cccc(O)c3)nc2c1.C=Cc1cnc2c(N3CCOCC3)nc(-c3cccc(OCOC)c3)nc2c1. The van der Waals surface area contributed by atoms with Crippen LogP contribution < -0.4 is 34.0 Å². The first-order valence-corrected chi connectivity index (χ1v) is 43.2. The van der Waals surface area contributed by atoms with Gasteiger partial charge in [0.1, 0.15) is 50.6 Å². The number of aliphatic hydroxyl groups excluding tert-OH is 1. The fraction of sp³-hybridized carbons (Fsp3) is 0.250. The van der Waals surface area contributed by atoms with E-state index in [2.05, 4.69) is 92.3 Å². The molecule has 5 saturated heterocycles. The van der Waals surface area contributed by atoms with Crippen molar-refractivity contribution in [3.8, 4) is 79.9 Å². The molecule has 5 aromatic carbocycles. The Hall–Kier alpha value is -14.9. The molecule has 5 fully saturated rings. The summed E-state index contributed by atoms with van der Waals surface area (Å²) in [4.78, 5) is 81.4. The van der Waals surface area contributed by atoms with Crippen molar-refractivity contribution in [2.45, 2.75) is 6.61 Å². The molecule has 0 radical (unpaired) electrons. The molecule has 15 aromatic rings. The summed E-state index contributed by atoms with van der Waals surface area (Å²) in [7, 11) is 3.19. The molecule has 32 heteroatoms. The van der Waals surface area contributed by atoms with Crippen LogP contribution in [0.3, 0.4) is 0 Å². The van der Waals surface area contributed by atoms with E-state index < -0.39 is 0 Å². The molecule has 20 rings (SSSR count). The maximum Gasteiger partial charge on any atom is 0.188 e. The van der Waals surface area contributed by atoms with E-state index >= 15 is 0 Å². The zero-order chi connectivity index (χ0) is 91.1. The van der Waals surface area contributed by atoms with E-state index in [4.69, 9.17) is 82.5 Å². The van der Waals surface area contributed by atoms with Gasteiger partial charge in [-0.2, -0.15) is 0 Å². The molecule has 672 valence electrons. The van der Waals surface area contributed by atoms with Crippen molar-refractivity contribution < 1.29 is 58.0 Å². The Balaban J connectivity index is 0.000000120. The second-order valence-corrected chi connectivity index (χ2v) is 30.7. The molecule has 5 aliphatic heterocycles. The fourth-order valence-electron chi connectivity index (χ4n) is 15.0. The van der Waals surface area contributed by atoms with Gasteiger partial charge in [-0.3, -0.25) is 24.9 Å². The number of anilines is 5. The van der Waals surface area contributed by atoms with Crippen molar-refractivity contribution >= 4 is 115 Å². The second kappa shape index (κ2) is 44.0. The molecular weight excluding hydrogens is 1670 g/mol. The Bertz CT molecular complexity index is 6590. The van der Waals surface area contributed by atoms with Crippen LogP contribution in [0.5, 0.6) is 23.0 Å². The van der Waals surface area contributed by atoms with E-state index in [1.807, 2.05) is 121 Å². The summed E-state index contributed by atoms with van der Waals surface area (Å²) in [6.07, 6.45) is 17.7. The highest BCUT2D eigenvalue weighted by atomic mass is 16.7. The van der Waals surface area contributed by atoms with E-state index in [9.17, 15) is 15.3 Å². The molecule has 0 atom stereocenters. The highest BCUT2D eigenvalue weighted by molar-refractivity contribution is 5.93. The smallest absolute Gasteiger partial charge is 0.188 e. The molecule has 15 heterocycles. The topological polar surface area (TPSA) is 353 Å². The third-order valence-corrected chi connectivity index (χ3v) is 21.9. The number of aromatic nitrogens is 15. The first-order valence-electron chi connectivity index (χ1n) is 43.2. The van der Waals surface area contributed by atoms with Gasteiger partial charge in [0.25, 0.3) is 0 Å². The molecule has 0 unspecified atom stereocenters. The number of phenols is 2. The monoisotopic (exact) mass is 1770 g/mol. The lowest BCUT2D eigenvalue weighted by atomic mass is 10.1. The van der Waals surface area contributed by atoms with Crippen molar-refractivity contribution in [2.75, 3.05) is 184 Å². The molecule has 10 aromatic heterocycles. The van der Waals surface area contributed by atoms with E-state index in [0.717, 1.165) is 217 Å². The third kappa shape index (κ3) is 22.2. The number of rotatable bonds is 22. The number of pyridine rings is 5. The van der Waals surface area contributed by atoms with Gasteiger partial charge in [0.2, 0.25) is 0 Å². The molecule has 5 aliphatic rings. The average molecular weight is 1770 g/mol. The van der Waals surface area contributed by atoms with Gasteiger partial charge in [0.05, 0.1) is 100 Å². The van der Waals surface area contributed by atoms with Crippen LogP contribution in [0.15, 0.2) is 216 Å². The zero-order valence-electron chi connectivity index (χ0n) is 73.5. The van der Waals surface area contributed by atoms with Crippen LogP contribution in [-0.2, 0) is 39.8 Å². The fourth-order valence-corrected chi connectivity index (χ4v) is 15.0. The van der Waals surface area contributed by atoms with E-state index in [1.165, 1.54) is 0 Å². The average Bonchev–Trinajstić information content (AvgIpc) is 0.796. The van der Waals surface area contributed by atoms with Crippen LogP contribution >= 0.6 is 0 Å². The highest BCUT2D eigenvalue weighted by Crippen LogP contribution is 2.36. The standard InChI is InChI=1S/2C21H22N4O3.C20H20N4O2.2C19H18N4O2/c1-3-15-12-18-19(22-13-15)21(25-8-10-27-11-9-25)24-20(23-18)16-4-6-17(7-5-16)28-14-26-2;1-3-15-11-18-19(22-13-15)21(25-7-9-27-10-8-25)24-20(23-18)16-5-4-6-17(12-16)28-14-26-2;1-2-14-11-17-18(21-12-14)20(24-6-8-26-9-7-24)23-19(22-17)16-5-3-4-15(10-16)13-25;1-2-13-11-16-17(20-12-13)19(23-7-9-25-10-8-23)22-18(21-16)14-3-5-15(24)6-4-14;1-2-13-10-16-17(20-12-13)19(23-6-8-25-9-7-23)22-18(21-16)14-4-3-5-15(24)11-14/h3-7,12-13H,1,8-11,14H2,2H3;3-6,11-13H,1,7-10,14H2,2H3;2-5,10-12,25H,1,6-9,13H2;2-6,11-12,24H,1,7-10H2;2-5,10-12,24H,1,6-9H2. The number of ether oxygens (including phenoxy) is 9. The van der Waals surface area contributed by atoms with Gasteiger partial charge in [-0.1, -0.05) is 106 Å². The largest absolute Gasteiger partial charge is 0.508 e. The normalized spacial score (nSPS) is 14.5. The number of phenolic OH excluding ortho intramolecular Hbond substituents is 2. The van der Waals surface area contributed by atoms with E-state index in [1.54, 1.807) is 106 Å². The molecule has 0 aliphatic carbocycles. The molecule has 32 nitrogen and oxygen atoms in total. The minimum absolute atomic E-state index is 0.0140. The Labute approximate surface area is 762 Å². The number of methoxy groups -OCH3 is 2. The third-order valence-electron chi connectivity index (χ3n) is 21.9. The summed E-state index contributed by atoms with van der Waals surface area (Å²) in [5, 5.41) is 28.7. The molecule has 3 N–H and O–H groups in total. The number of aromatic hydroxyl groups is 2. The second-order valence-electron chi connectivity index (χ2n) is 30.7.